The summed E-state index contributed by atoms with van der Waals surface area (Å²) in [4.78, 5) is 7.37. The first-order valence-corrected chi connectivity index (χ1v) is 8.24. The summed E-state index contributed by atoms with van der Waals surface area (Å²) in [5, 5.41) is 3.51. The summed E-state index contributed by atoms with van der Waals surface area (Å²) < 4.78 is 7.61. The third kappa shape index (κ3) is 3.09. The second-order valence-corrected chi connectivity index (χ2v) is 6.57. The van der Waals surface area contributed by atoms with E-state index in [1.165, 1.54) is 38.8 Å². The van der Waals surface area contributed by atoms with Crippen LogP contribution < -0.4 is 5.32 Å². The van der Waals surface area contributed by atoms with Crippen molar-refractivity contribution >= 4 is 5.95 Å². The molecule has 21 heavy (non-hydrogen) atoms. The summed E-state index contributed by atoms with van der Waals surface area (Å²) in [5.41, 5.74) is 1.09. The van der Waals surface area contributed by atoms with Crippen molar-refractivity contribution in [3.05, 3.63) is 11.9 Å². The molecular weight excluding hydrogens is 264 g/mol. The van der Waals surface area contributed by atoms with Gasteiger partial charge in [0, 0.05) is 31.9 Å². The number of nitrogens with one attached hydrogen (secondary N) is 1. The van der Waals surface area contributed by atoms with Crippen LogP contribution in [0.15, 0.2) is 6.20 Å². The second-order valence-electron chi connectivity index (χ2n) is 6.57. The summed E-state index contributed by atoms with van der Waals surface area (Å²) in [5.74, 6) is 1.01. The number of nitrogens with zero attached hydrogens (tertiary/aromatic N) is 3. The lowest BCUT2D eigenvalue weighted by Crippen LogP contribution is -2.38. The van der Waals surface area contributed by atoms with Crippen LogP contribution in [0.25, 0.3) is 0 Å². The van der Waals surface area contributed by atoms with E-state index in [0.717, 1.165) is 11.6 Å². The van der Waals surface area contributed by atoms with Crippen LogP contribution in [0.5, 0.6) is 0 Å². The van der Waals surface area contributed by atoms with Gasteiger partial charge in [-0.25, -0.2) is 4.98 Å². The number of fused-ring (bicyclic) bond motifs is 1. The molecule has 0 saturated carbocycles. The molecule has 0 bridgehead atoms. The zero-order chi connectivity index (χ0) is 14.8. The number of aromatic nitrogens is 2. The highest BCUT2D eigenvalue weighted by Gasteiger charge is 2.37. The van der Waals surface area contributed by atoms with Crippen molar-refractivity contribution in [2.24, 2.45) is 0 Å². The molecule has 3 atom stereocenters. The highest BCUT2D eigenvalue weighted by molar-refractivity contribution is 5.31. The number of hydrogen-bond donors (Lipinski definition) is 1. The Kier molecular flexibility index (Phi) is 4.50. The Morgan fingerprint density at radius 3 is 3.00 bits per heavy atom. The average Bonchev–Trinajstić information content (AvgIpc) is 3.02. The van der Waals surface area contributed by atoms with Gasteiger partial charge >= 0.3 is 0 Å². The van der Waals surface area contributed by atoms with Crippen LogP contribution in [0.4, 0.5) is 5.95 Å². The van der Waals surface area contributed by atoms with E-state index in [9.17, 15) is 0 Å². The van der Waals surface area contributed by atoms with Crippen molar-refractivity contribution in [2.45, 2.75) is 57.7 Å². The predicted octanol–water partition coefficient (Wildman–Crippen LogP) is 2.44. The third-order valence-electron chi connectivity index (χ3n) is 4.82. The van der Waals surface area contributed by atoms with Gasteiger partial charge in [0.2, 0.25) is 5.95 Å². The molecule has 1 aromatic rings. The molecule has 3 rings (SSSR count). The quantitative estimate of drug-likeness (QED) is 0.905. The van der Waals surface area contributed by atoms with Gasteiger partial charge in [-0.1, -0.05) is 6.42 Å². The number of methoxy groups -OCH3 is 1. The molecule has 118 valence electrons. The first-order valence-electron chi connectivity index (χ1n) is 8.24. The van der Waals surface area contributed by atoms with Crippen LogP contribution >= 0.6 is 0 Å². The number of anilines is 1. The maximum Gasteiger partial charge on any atom is 0.203 e. The number of hydrogen-bond acceptors (Lipinski definition) is 4. The Labute approximate surface area is 127 Å². The first kappa shape index (κ1) is 14.9. The summed E-state index contributed by atoms with van der Waals surface area (Å²) >= 11 is 0. The zero-order valence-electron chi connectivity index (χ0n) is 13.5. The lowest BCUT2D eigenvalue weighted by molar-refractivity contribution is 0.173. The monoisotopic (exact) mass is 292 g/mol. The van der Waals surface area contributed by atoms with Gasteiger partial charge in [-0.05, 0) is 39.7 Å². The summed E-state index contributed by atoms with van der Waals surface area (Å²) in [7, 11) is 1.74. The molecule has 3 heterocycles. The average molecular weight is 292 g/mol. The summed E-state index contributed by atoms with van der Waals surface area (Å²) in [6, 6.07) is 1.55. The Morgan fingerprint density at radius 1 is 1.33 bits per heavy atom. The van der Waals surface area contributed by atoms with Crippen LogP contribution in [-0.2, 0) is 4.74 Å². The molecule has 1 aromatic heterocycles. The molecule has 2 fully saturated rings. The Hall–Kier alpha value is -1.07. The third-order valence-corrected chi connectivity index (χ3v) is 4.82. The Balaban J connectivity index is 1.78. The second kappa shape index (κ2) is 6.36. The number of piperidine rings is 1. The van der Waals surface area contributed by atoms with Crippen molar-refractivity contribution < 1.29 is 4.74 Å². The minimum atomic E-state index is 0.277. The van der Waals surface area contributed by atoms with Crippen LogP contribution in [0.1, 0.15) is 44.3 Å². The molecule has 3 unspecified atom stereocenters. The van der Waals surface area contributed by atoms with E-state index in [1.807, 2.05) is 0 Å². The van der Waals surface area contributed by atoms with E-state index in [2.05, 4.69) is 34.8 Å². The van der Waals surface area contributed by atoms with Crippen molar-refractivity contribution in [3.8, 4) is 0 Å². The number of rotatable bonds is 5. The van der Waals surface area contributed by atoms with Crippen molar-refractivity contribution in [2.75, 3.05) is 32.1 Å². The smallest absolute Gasteiger partial charge is 0.203 e. The largest absolute Gasteiger partial charge is 0.383 e. The van der Waals surface area contributed by atoms with E-state index in [1.54, 1.807) is 7.11 Å². The molecule has 2 aliphatic heterocycles. The van der Waals surface area contributed by atoms with Crippen LogP contribution in [0.2, 0.25) is 0 Å². The molecule has 5 heteroatoms. The highest BCUT2D eigenvalue weighted by Crippen LogP contribution is 2.36. The predicted molar refractivity (Wildman–Crippen MR) is 84.8 cm³/mol. The number of ether oxygens (including phenoxy) is 1. The Bertz CT molecular complexity index is 473. The molecule has 0 radical (unpaired) electrons. The van der Waals surface area contributed by atoms with E-state index >= 15 is 0 Å². The minimum Gasteiger partial charge on any atom is -0.383 e. The van der Waals surface area contributed by atoms with Gasteiger partial charge in [0.25, 0.3) is 0 Å². The summed E-state index contributed by atoms with van der Waals surface area (Å²) in [6.45, 7) is 7.43. The SMILES string of the molecule is COCC(C)Nc1nc(C)cn1C1CCN2CCCCC12. The molecule has 2 aliphatic rings. The minimum absolute atomic E-state index is 0.277. The van der Waals surface area contributed by atoms with E-state index in [0.29, 0.717) is 18.7 Å². The van der Waals surface area contributed by atoms with Crippen molar-refractivity contribution in [1.29, 1.82) is 0 Å². The molecular formula is C16H28N4O. The van der Waals surface area contributed by atoms with Gasteiger partial charge < -0.3 is 14.6 Å². The van der Waals surface area contributed by atoms with Gasteiger partial charge in [0.15, 0.2) is 0 Å². The topological polar surface area (TPSA) is 42.3 Å². The summed E-state index contributed by atoms with van der Waals surface area (Å²) in [6.07, 6.45) is 7.52. The van der Waals surface area contributed by atoms with Gasteiger partial charge in [0.1, 0.15) is 0 Å². The molecule has 0 aliphatic carbocycles. The maximum absolute atomic E-state index is 5.23. The van der Waals surface area contributed by atoms with Gasteiger partial charge in [-0.3, -0.25) is 4.90 Å². The molecule has 1 N–H and O–H groups in total. The van der Waals surface area contributed by atoms with Crippen LogP contribution in [0, 0.1) is 6.92 Å². The van der Waals surface area contributed by atoms with E-state index in [4.69, 9.17) is 9.72 Å². The standard InChI is InChI=1S/C16H28N4O/c1-12-10-20(16(17-12)18-13(2)11-21-3)15-7-9-19-8-5-4-6-14(15)19/h10,13-15H,4-9,11H2,1-3H3,(H,17,18). The van der Waals surface area contributed by atoms with E-state index < -0.39 is 0 Å². The van der Waals surface area contributed by atoms with Crippen LogP contribution in [-0.4, -0.2) is 53.3 Å². The van der Waals surface area contributed by atoms with Gasteiger partial charge in [-0.2, -0.15) is 0 Å². The molecule has 5 nitrogen and oxygen atoms in total. The van der Waals surface area contributed by atoms with Crippen molar-refractivity contribution in [1.82, 2.24) is 14.5 Å². The fourth-order valence-corrected chi connectivity index (χ4v) is 3.93. The molecule has 0 amide bonds. The molecule has 0 spiro atoms. The van der Waals surface area contributed by atoms with Crippen LogP contribution in [0.3, 0.4) is 0 Å². The number of aryl methyl sites for hydroxylation is 1. The lowest BCUT2D eigenvalue weighted by atomic mass is 9.99. The van der Waals surface area contributed by atoms with Gasteiger partial charge in [-0.15, -0.1) is 0 Å². The fourth-order valence-electron chi connectivity index (χ4n) is 3.93. The first-order chi connectivity index (χ1) is 10.2. The fraction of sp³-hybridized carbons (Fsp3) is 0.812. The highest BCUT2D eigenvalue weighted by atomic mass is 16.5. The normalized spacial score (nSPS) is 27.6. The Morgan fingerprint density at radius 2 is 2.19 bits per heavy atom. The van der Waals surface area contributed by atoms with Gasteiger partial charge in [0.05, 0.1) is 18.3 Å². The zero-order valence-corrected chi connectivity index (χ0v) is 13.5. The van der Waals surface area contributed by atoms with Crippen molar-refractivity contribution in [3.63, 3.8) is 0 Å². The maximum atomic E-state index is 5.23. The molecule has 0 aromatic carbocycles. The molecule has 2 saturated heterocycles. The van der Waals surface area contributed by atoms with E-state index in [-0.39, 0.29) is 6.04 Å². The lowest BCUT2D eigenvalue weighted by Gasteiger charge is -2.33. The number of imidazole rings is 1.